The minimum Gasteiger partial charge on any atom is -0.370 e. The summed E-state index contributed by atoms with van der Waals surface area (Å²) in [5, 5.41) is 3.25. The molecule has 2 aromatic carbocycles. The fourth-order valence-corrected chi connectivity index (χ4v) is 5.20. The molecule has 4 nitrogen and oxygen atoms in total. The predicted molar refractivity (Wildman–Crippen MR) is 126 cm³/mol. The number of ether oxygens (including phenoxy) is 1. The number of carbonyl (C=O) groups is 1. The van der Waals surface area contributed by atoms with Gasteiger partial charge in [-0.25, -0.2) is 0 Å². The molecule has 2 fully saturated rings. The van der Waals surface area contributed by atoms with Crippen molar-refractivity contribution in [1.82, 2.24) is 10.2 Å². The number of halogens is 6. The molecule has 4 rings (SSSR count). The van der Waals surface area contributed by atoms with Crippen LogP contribution in [0.5, 0.6) is 0 Å². The molecule has 0 aliphatic carbocycles. The van der Waals surface area contributed by atoms with E-state index in [1.54, 1.807) is 0 Å². The molecule has 2 heterocycles. The Hall–Kier alpha value is -2.59. The molecule has 2 aromatic rings. The standard InChI is InChI=1S/C27H30F6N2O2/c1-17(20-13-21(26(28,29)30)15-22(14-20)27(31,32)33)37-24-9-12-35(25(36)19-7-10-34-11-8-19)16-23(24)18-5-3-2-4-6-18/h2-6,13-15,17,19,23-24,34H,7-12,16H2,1H3. The third-order valence-electron chi connectivity index (χ3n) is 7.24. The Balaban J connectivity index is 1.57. The summed E-state index contributed by atoms with van der Waals surface area (Å²) in [4.78, 5) is 15.0. The van der Waals surface area contributed by atoms with E-state index in [4.69, 9.17) is 4.74 Å². The molecule has 202 valence electrons. The highest BCUT2D eigenvalue weighted by atomic mass is 19.4. The number of likely N-dealkylation sites (tertiary alicyclic amines) is 1. The summed E-state index contributed by atoms with van der Waals surface area (Å²) >= 11 is 0. The SMILES string of the molecule is CC(OC1CCN(C(=O)C2CCNCC2)CC1c1ccccc1)c1cc(C(F)(F)F)cc(C(F)(F)F)c1. The summed E-state index contributed by atoms with van der Waals surface area (Å²) in [5.74, 6) is -0.238. The van der Waals surface area contributed by atoms with Crippen LogP contribution >= 0.6 is 0 Å². The van der Waals surface area contributed by atoms with Crippen LogP contribution in [0.15, 0.2) is 48.5 Å². The van der Waals surface area contributed by atoms with E-state index >= 15 is 0 Å². The van der Waals surface area contributed by atoms with Gasteiger partial charge in [0.05, 0.1) is 23.3 Å². The van der Waals surface area contributed by atoms with Crippen molar-refractivity contribution in [3.63, 3.8) is 0 Å². The number of piperidine rings is 2. The molecule has 2 aliphatic heterocycles. The van der Waals surface area contributed by atoms with Gasteiger partial charge in [0.2, 0.25) is 5.91 Å². The summed E-state index contributed by atoms with van der Waals surface area (Å²) in [7, 11) is 0. The molecule has 37 heavy (non-hydrogen) atoms. The second kappa shape index (κ2) is 11.0. The van der Waals surface area contributed by atoms with Crippen molar-refractivity contribution in [1.29, 1.82) is 0 Å². The summed E-state index contributed by atoms with van der Waals surface area (Å²) in [5.41, 5.74) is -2.02. The zero-order valence-corrected chi connectivity index (χ0v) is 20.4. The Labute approximate surface area is 212 Å². The molecule has 0 bridgehead atoms. The van der Waals surface area contributed by atoms with Crippen LogP contribution in [-0.4, -0.2) is 43.1 Å². The third-order valence-corrected chi connectivity index (χ3v) is 7.24. The summed E-state index contributed by atoms with van der Waals surface area (Å²) in [6.45, 7) is 3.82. The van der Waals surface area contributed by atoms with Crippen LogP contribution in [0.4, 0.5) is 26.3 Å². The number of carbonyl (C=O) groups excluding carboxylic acids is 1. The third kappa shape index (κ3) is 6.65. The monoisotopic (exact) mass is 528 g/mol. The van der Waals surface area contributed by atoms with Gasteiger partial charge in [-0.05, 0) is 68.6 Å². The van der Waals surface area contributed by atoms with Gasteiger partial charge in [0.15, 0.2) is 0 Å². The average Bonchev–Trinajstić information content (AvgIpc) is 2.88. The summed E-state index contributed by atoms with van der Waals surface area (Å²) in [6, 6.07) is 10.9. The molecule has 10 heteroatoms. The van der Waals surface area contributed by atoms with Gasteiger partial charge in [-0.15, -0.1) is 0 Å². The molecule has 0 radical (unpaired) electrons. The maximum absolute atomic E-state index is 13.4. The Kier molecular flexibility index (Phi) is 8.18. The minimum atomic E-state index is -4.93. The van der Waals surface area contributed by atoms with Crippen molar-refractivity contribution >= 4 is 5.91 Å². The maximum Gasteiger partial charge on any atom is 0.416 e. The van der Waals surface area contributed by atoms with Gasteiger partial charge in [-0.3, -0.25) is 4.79 Å². The van der Waals surface area contributed by atoms with Crippen LogP contribution < -0.4 is 5.32 Å². The molecule has 3 unspecified atom stereocenters. The van der Waals surface area contributed by atoms with Gasteiger partial charge >= 0.3 is 12.4 Å². The Morgan fingerprint density at radius 2 is 1.54 bits per heavy atom. The quantitative estimate of drug-likeness (QED) is 0.471. The highest BCUT2D eigenvalue weighted by Crippen LogP contribution is 2.39. The van der Waals surface area contributed by atoms with Crippen molar-refractivity contribution in [2.75, 3.05) is 26.2 Å². The number of rotatable bonds is 5. The molecule has 1 amide bonds. The summed E-state index contributed by atoms with van der Waals surface area (Å²) < 4.78 is 86.4. The Bertz CT molecular complexity index is 1030. The zero-order chi connectivity index (χ0) is 26.8. The maximum atomic E-state index is 13.4. The number of nitrogens with zero attached hydrogens (tertiary/aromatic N) is 1. The normalized spacial score (nSPS) is 22.6. The van der Waals surface area contributed by atoms with Crippen LogP contribution in [0.2, 0.25) is 0 Å². The average molecular weight is 529 g/mol. The summed E-state index contributed by atoms with van der Waals surface area (Å²) in [6.07, 6.45) is -9.42. The first-order valence-electron chi connectivity index (χ1n) is 12.4. The highest BCUT2D eigenvalue weighted by molar-refractivity contribution is 5.79. The molecule has 0 spiro atoms. The molecule has 0 aromatic heterocycles. The molecule has 2 saturated heterocycles. The molecule has 0 saturated carbocycles. The number of hydrogen-bond donors (Lipinski definition) is 1. The number of alkyl halides is 6. The van der Waals surface area contributed by atoms with E-state index in [2.05, 4.69) is 5.32 Å². The molecular formula is C27H30F6N2O2. The van der Waals surface area contributed by atoms with Crippen molar-refractivity contribution in [3.05, 3.63) is 70.8 Å². The van der Waals surface area contributed by atoms with Gasteiger partial charge < -0.3 is 15.0 Å². The lowest BCUT2D eigenvalue weighted by molar-refractivity contribution is -0.143. The highest BCUT2D eigenvalue weighted by Gasteiger charge is 2.39. The van der Waals surface area contributed by atoms with Crippen molar-refractivity contribution in [2.45, 2.75) is 56.7 Å². The lowest BCUT2D eigenvalue weighted by Gasteiger charge is -2.41. The van der Waals surface area contributed by atoms with E-state index < -0.39 is 35.7 Å². The van der Waals surface area contributed by atoms with Gasteiger partial charge in [0.1, 0.15) is 0 Å². The minimum absolute atomic E-state index is 0.0556. The molecule has 3 atom stereocenters. The second-order valence-electron chi connectivity index (χ2n) is 9.77. The smallest absolute Gasteiger partial charge is 0.370 e. The van der Waals surface area contributed by atoms with Crippen LogP contribution in [0.1, 0.15) is 60.5 Å². The molecule has 1 N–H and O–H groups in total. The fourth-order valence-electron chi connectivity index (χ4n) is 5.20. The van der Waals surface area contributed by atoms with E-state index in [0.29, 0.717) is 31.6 Å². The van der Waals surface area contributed by atoms with Crippen LogP contribution in [0, 0.1) is 5.92 Å². The molecular weight excluding hydrogens is 498 g/mol. The lowest BCUT2D eigenvalue weighted by Crippen LogP contribution is -2.49. The fraction of sp³-hybridized carbons (Fsp3) is 0.519. The lowest BCUT2D eigenvalue weighted by atomic mass is 9.86. The second-order valence-corrected chi connectivity index (χ2v) is 9.77. The molecule has 2 aliphatic rings. The first-order chi connectivity index (χ1) is 17.4. The van der Waals surface area contributed by atoms with Crippen molar-refractivity contribution in [3.8, 4) is 0 Å². The van der Waals surface area contributed by atoms with E-state index in [0.717, 1.165) is 31.5 Å². The van der Waals surface area contributed by atoms with Crippen LogP contribution in [0.3, 0.4) is 0 Å². The first-order valence-corrected chi connectivity index (χ1v) is 12.4. The van der Waals surface area contributed by atoms with Gasteiger partial charge in [-0.1, -0.05) is 30.3 Å². The predicted octanol–water partition coefficient (Wildman–Crippen LogP) is 6.19. The van der Waals surface area contributed by atoms with E-state index in [1.165, 1.54) is 6.92 Å². The van der Waals surface area contributed by atoms with E-state index in [1.807, 2.05) is 35.2 Å². The number of amides is 1. The number of hydrogen-bond acceptors (Lipinski definition) is 3. The Morgan fingerprint density at radius 1 is 0.946 bits per heavy atom. The zero-order valence-electron chi connectivity index (χ0n) is 20.4. The first kappa shape index (κ1) is 27.4. The number of benzene rings is 2. The van der Waals surface area contributed by atoms with Gasteiger partial charge in [0, 0.05) is 24.9 Å². The van der Waals surface area contributed by atoms with Gasteiger partial charge in [-0.2, -0.15) is 26.3 Å². The topological polar surface area (TPSA) is 41.6 Å². The van der Waals surface area contributed by atoms with Crippen LogP contribution in [0.25, 0.3) is 0 Å². The van der Waals surface area contributed by atoms with Crippen molar-refractivity contribution in [2.24, 2.45) is 5.92 Å². The van der Waals surface area contributed by atoms with E-state index in [-0.39, 0.29) is 29.4 Å². The van der Waals surface area contributed by atoms with Crippen LogP contribution in [-0.2, 0) is 21.9 Å². The largest absolute Gasteiger partial charge is 0.416 e. The van der Waals surface area contributed by atoms with Gasteiger partial charge in [0.25, 0.3) is 0 Å². The Morgan fingerprint density at radius 3 is 2.11 bits per heavy atom. The van der Waals surface area contributed by atoms with Crippen molar-refractivity contribution < 1.29 is 35.9 Å². The van der Waals surface area contributed by atoms with E-state index in [9.17, 15) is 31.1 Å². The number of nitrogens with one attached hydrogen (secondary N) is 1.